The van der Waals surface area contributed by atoms with E-state index in [1.54, 1.807) is 24.3 Å². The number of carbonyl (C=O) groups is 2. The summed E-state index contributed by atoms with van der Waals surface area (Å²) in [5, 5.41) is 21.2. The third kappa shape index (κ3) is 5.81. The van der Waals surface area contributed by atoms with Gasteiger partial charge in [0, 0.05) is 5.69 Å². The van der Waals surface area contributed by atoms with Crippen molar-refractivity contribution in [2.75, 3.05) is 11.9 Å². The van der Waals surface area contributed by atoms with E-state index in [1.807, 2.05) is 30.3 Å². The fourth-order valence-corrected chi connectivity index (χ4v) is 2.00. The van der Waals surface area contributed by atoms with E-state index in [4.69, 9.17) is 4.74 Å². The molecule has 0 aliphatic carbocycles. The van der Waals surface area contributed by atoms with E-state index in [1.165, 1.54) is 11.0 Å². The fraction of sp³-hybridized carbons (Fsp3) is 0.118. The zero-order chi connectivity index (χ0) is 18.9. The summed E-state index contributed by atoms with van der Waals surface area (Å²) in [6, 6.07) is 16.1. The van der Waals surface area contributed by atoms with Crippen molar-refractivity contribution in [1.29, 1.82) is 0 Å². The Kier molecular flexibility index (Phi) is 5.92. The summed E-state index contributed by atoms with van der Waals surface area (Å²) in [5.41, 5.74) is 1.94. The maximum atomic E-state index is 11.8. The van der Waals surface area contributed by atoms with Crippen LogP contribution in [0, 0.1) is 0 Å². The number of hydrogen-bond acceptors (Lipinski definition) is 8. The van der Waals surface area contributed by atoms with Crippen molar-refractivity contribution >= 4 is 28.9 Å². The van der Waals surface area contributed by atoms with Crippen molar-refractivity contribution in [3.63, 3.8) is 0 Å². The van der Waals surface area contributed by atoms with E-state index < -0.39 is 18.5 Å². The van der Waals surface area contributed by atoms with Crippen LogP contribution in [0.15, 0.2) is 71.2 Å². The van der Waals surface area contributed by atoms with Gasteiger partial charge in [0.1, 0.15) is 12.9 Å². The molecule has 0 fully saturated rings. The minimum Gasteiger partial charge on any atom is -0.454 e. The van der Waals surface area contributed by atoms with Crippen LogP contribution in [0.2, 0.25) is 0 Å². The average molecular weight is 365 g/mol. The van der Waals surface area contributed by atoms with Gasteiger partial charge in [0.05, 0.1) is 11.4 Å². The van der Waals surface area contributed by atoms with E-state index in [2.05, 4.69) is 31.1 Å². The van der Waals surface area contributed by atoms with Crippen LogP contribution >= 0.6 is 0 Å². The number of esters is 1. The number of carbonyl (C=O) groups excluding carboxylic acids is 2. The lowest BCUT2D eigenvalue weighted by molar-refractivity contribution is -0.148. The van der Waals surface area contributed by atoms with Crippen molar-refractivity contribution in [3.8, 4) is 0 Å². The highest BCUT2D eigenvalue weighted by atomic mass is 16.5. The Bertz CT molecular complexity index is 909. The predicted molar refractivity (Wildman–Crippen MR) is 94.5 cm³/mol. The highest BCUT2D eigenvalue weighted by Crippen LogP contribution is 2.19. The first-order valence-electron chi connectivity index (χ1n) is 7.92. The van der Waals surface area contributed by atoms with Crippen LogP contribution in [0.3, 0.4) is 0 Å². The summed E-state index contributed by atoms with van der Waals surface area (Å²) >= 11 is 0. The van der Waals surface area contributed by atoms with E-state index >= 15 is 0 Å². The zero-order valence-corrected chi connectivity index (χ0v) is 14.1. The highest BCUT2D eigenvalue weighted by Gasteiger charge is 2.09. The van der Waals surface area contributed by atoms with Gasteiger partial charge in [-0.3, -0.25) is 9.59 Å². The second-order valence-corrected chi connectivity index (χ2v) is 5.30. The number of nitrogens with zero attached hydrogens (tertiary/aromatic N) is 6. The van der Waals surface area contributed by atoms with Crippen LogP contribution in [0.4, 0.5) is 17.1 Å². The van der Waals surface area contributed by atoms with Crippen LogP contribution in [0.5, 0.6) is 0 Å². The second-order valence-electron chi connectivity index (χ2n) is 5.30. The molecule has 2 aromatic carbocycles. The molecule has 0 aliphatic heterocycles. The molecule has 3 rings (SSSR count). The van der Waals surface area contributed by atoms with Crippen LogP contribution < -0.4 is 5.32 Å². The number of benzene rings is 2. The molecular formula is C17H15N7O3. The van der Waals surface area contributed by atoms with Gasteiger partial charge in [-0.1, -0.05) is 18.2 Å². The van der Waals surface area contributed by atoms with E-state index in [9.17, 15) is 9.59 Å². The zero-order valence-electron chi connectivity index (χ0n) is 14.1. The van der Waals surface area contributed by atoms with Crippen LogP contribution in [0.1, 0.15) is 0 Å². The topological polar surface area (TPSA) is 124 Å². The standard InChI is InChI=1S/C17H15N7O3/c25-16(11-27-17(26)10-24-12-18-22-23-24)19-13-6-8-15(9-7-13)21-20-14-4-2-1-3-5-14/h1-9,12H,10-11H2,(H,19,25). The van der Waals surface area contributed by atoms with E-state index in [0.717, 1.165) is 5.69 Å². The van der Waals surface area contributed by atoms with Gasteiger partial charge in [0.15, 0.2) is 6.61 Å². The molecule has 0 spiro atoms. The number of nitrogens with one attached hydrogen (secondary N) is 1. The van der Waals surface area contributed by atoms with Crippen molar-refractivity contribution in [2.45, 2.75) is 6.54 Å². The fourth-order valence-electron chi connectivity index (χ4n) is 2.00. The van der Waals surface area contributed by atoms with Crippen LogP contribution in [0.25, 0.3) is 0 Å². The van der Waals surface area contributed by atoms with Gasteiger partial charge in [0.2, 0.25) is 0 Å². The highest BCUT2D eigenvalue weighted by molar-refractivity contribution is 5.92. The number of aromatic nitrogens is 4. The summed E-state index contributed by atoms with van der Waals surface area (Å²) in [6.45, 7) is -0.572. The minimum absolute atomic E-state index is 0.165. The Morgan fingerprint density at radius 1 is 1.00 bits per heavy atom. The molecule has 0 unspecified atom stereocenters. The molecule has 10 nitrogen and oxygen atoms in total. The Labute approximate surface area is 153 Å². The van der Waals surface area contributed by atoms with Gasteiger partial charge in [-0.2, -0.15) is 10.2 Å². The van der Waals surface area contributed by atoms with Gasteiger partial charge in [-0.15, -0.1) is 5.10 Å². The van der Waals surface area contributed by atoms with Gasteiger partial charge in [-0.25, -0.2) is 4.68 Å². The predicted octanol–water partition coefficient (Wildman–Crippen LogP) is 2.27. The number of anilines is 1. The molecule has 0 saturated heterocycles. The Hall–Kier alpha value is -3.95. The smallest absolute Gasteiger partial charge is 0.328 e. The first-order chi connectivity index (χ1) is 13.2. The summed E-state index contributed by atoms with van der Waals surface area (Å²) in [5.74, 6) is -1.08. The van der Waals surface area contributed by atoms with E-state index in [0.29, 0.717) is 11.4 Å². The molecule has 136 valence electrons. The molecule has 0 radical (unpaired) electrons. The summed E-state index contributed by atoms with van der Waals surface area (Å²) in [4.78, 5) is 23.4. The molecule has 1 N–H and O–H groups in total. The number of tetrazole rings is 1. The van der Waals surface area contributed by atoms with Gasteiger partial charge in [-0.05, 0) is 46.8 Å². The quantitative estimate of drug-likeness (QED) is 0.506. The maximum absolute atomic E-state index is 11.8. The maximum Gasteiger partial charge on any atom is 0.328 e. The molecule has 1 heterocycles. The lowest BCUT2D eigenvalue weighted by atomic mass is 10.3. The Balaban J connectivity index is 1.45. The molecule has 0 bridgehead atoms. The van der Waals surface area contributed by atoms with Crippen LogP contribution in [-0.4, -0.2) is 38.7 Å². The van der Waals surface area contributed by atoms with Crippen molar-refractivity contribution < 1.29 is 14.3 Å². The van der Waals surface area contributed by atoms with Gasteiger partial charge < -0.3 is 10.1 Å². The summed E-state index contributed by atoms with van der Waals surface area (Å²) in [6.07, 6.45) is 1.28. The number of ether oxygens (including phenoxy) is 1. The third-order valence-electron chi connectivity index (χ3n) is 3.23. The number of rotatable bonds is 7. The molecule has 0 atom stereocenters. The third-order valence-corrected chi connectivity index (χ3v) is 3.23. The molecular weight excluding hydrogens is 350 g/mol. The molecule has 3 aromatic rings. The van der Waals surface area contributed by atoms with Crippen molar-refractivity contribution in [2.24, 2.45) is 10.2 Å². The summed E-state index contributed by atoms with van der Waals surface area (Å²) in [7, 11) is 0. The lowest BCUT2D eigenvalue weighted by Crippen LogP contribution is -2.23. The Morgan fingerprint density at radius 2 is 1.70 bits per heavy atom. The van der Waals surface area contributed by atoms with Crippen molar-refractivity contribution in [3.05, 3.63) is 60.9 Å². The lowest BCUT2D eigenvalue weighted by Gasteiger charge is -2.06. The number of azo groups is 1. The molecule has 0 aliphatic rings. The largest absolute Gasteiger partial charge is 0.454 e. The molecule has 10 heteroatoms. The first kappa shape index (κ1) is 17.9. The van der Waals surface area contributed by atoms with Crippen molar-refractivity contribution in [1.82, 2.24) is 20.2 Å². The normalized spacial score (nSPS) is 10.7. The van der Waals surface area contributed by atoms with Crippen LogP contribution in [-0.2, 0) is 20.9 Å². The average Bonchev–Trinajstić information content (AvgIpc) is 3.20. The SMILES string of the molecule is O=C(COC(=O)Cn1cnnn1)Nc1ccc(N=Nc2ccccc2)cc1. The number of hydrogen-bond donors (Lipinski definition) is 1. The summed E-state index contributed by atoms with van der Waals surface area (Å²) < 4.78 is 6.06. The Morgan fingerprint density at radius 3 is 2.37 bits per heavy atom. The van der Waals surface area contributed by atoms with Gasteiger partial charge in [0.25, 0.3) is 5.91 Å². The second kappa shape index (κ2) is 8.94. The van der Waals surface area contributed by atoms with Gasteiger partial charge >= 0.3 is 5.97 Å². The first-order valence-corrected chi connectivity index (χ1v) is 7.92. The molecule has 1 amide bonds. The number of amides is 1. The molecule has 27 heavy (non-hydrogen) atoms. The molecule has 0 saturated carbocycles. The monoisotopic (exact) mass is 365 g/mol. The minimum atomic E-state index is -0.617. The molecule has 1 aromatic heterocycles. The van der Waals surface area contributed by atoms with E-state index in [-0.39, 0.29) is 6.54 Å².